The van der Waals surface area contributed by atoms with Gasteiger partial charge >= 0.3 is 0 Å². The van der Waals surface area contributed by atoms with Crippen LogP contribution in [0, 0.1) is 6.92 Å². The summed E-state index contributed by atoms with van der Waals surface area (Å²) in [5, 5.41) is 21.2. The van der Waals surface area contributed by atoms with Crippen LogP contribution >= 0.6 is 0 Å². The quantitative estimate of drug-likeness (QED) is 0.624. The molecule has 0 aliphatic heterocycles. The Labute approximate surface area is 82.2 Å². The minimum absolute atomic E-state index is 0.0487. The number of rotatable bonds is 6. The molecule has 0 saturated heterocycles. The highest BCUT2D eigenvalue weighted by Crippen LogP contribution is 2.01. The lowest BCUT2D eigenvalue weighted by Gasteiger charge is -2.17. The summed E-state index contributed by atoms with van der Waals surface area (Å²) in [6.07, 6.45) is 0. The zero-order valence-electron chi connectivity index (χ0n) is 8.18. The zero-order chi connectivity index (χ0) is 10.4. The number of hydrogen-bond acceptors (Lipinski definition) is 6. The first-order valence-corrected chi connectivity index (χ1v) is 4.49. The van der Waals surface area contributed by atoms with Gasteiger partial charge in [-0.2, -0.15) is 4.98 Å². The average molecular weight is 201 g/mol. The predicted molar refractivity (Wildman–Crippen MR) is 48.5 cm³/mol. The van der Waals surface area contributed by atoms with E-state index in [4.69, 9.17) is 14.7 Å². The van der Waals surface area contributed by atoms with Crippen molar-refractivity contribution in [1.29, 1.82) is 0 Å². The van der Waals surface area contributed by atoms with E-state index in [2.05, 4.69) is 10.1 Å². The number of aromatic nitrogens is 2. The molecule has 1 aromatic rings. The lowest BCUT2D eigenvalue weighted by Crippen LogP contribution is -2.29. The first-order chi connectivity index (χ1) is 6.76. The van der Waals surface area contributed by atoms with Crippen LogP contribution in [0.4, 0.5) is 0 Å². The second kappa shape index (κ2) is 5.69. The molecule has 6 heteroatoms. The van der Waals surface area contributed by atoms with E-state index in [9.17, 15) is 0 Å². The largest absolute Gasteiger partial charge is 0.395 e. The molecule has 0 aliphatic carbocycles. The number of aryl methyl sites for hydroxylation is 1. The molecule has 2 N–H and O–H groups in total. The fraction of sp³-hybridized carbons (Fsp3) is 0.750. The number of hydrogen-bond donors (Lipinski definition) is 2. The van der Waals surface area contributed by atoms with Gasteiger partial charge in [0.15, 0.2) is 5.82 Å². The van der Waals surface area contributed by atoms with Gasteiger partial charge in [0, 0.05) is 13.1 Å². The summed E-state index contributed by atoms with van der Waals surface area (Å²) in [6, 6.07) is 0. The summed E-state index contributed by atoms with van der Waals surface area (Å²) >= 11 is 0. The molecule has 0 saturated carbocycles. The van der Waals surface area contributed by atoms with Crippen molar-refractivity contribution in [2.24, 2.45) is 0 Å². The maximum Gasteiger partial charge on any atom is 0.240 e. The molecule has 1 aromatic heterocycles. The summed E-state index contributed by atoms with van der Waals surface area (Å²) in [4.78, 5) is 5.87. The number of aliphatic hydroxyl groups excluding tert-OH is 2. The molecule has 1 heterocycles. The first kappa shape index (κ1) is 11.1. The second-order valence-corrected chi connectivity index (χ2v) is 2.96. The molecular weight excluding hydrogens is 186 g/mol. The standard InChI is InChI=1S/C8H15N3O3/c1-7-9-8(14-10-7)6-11(2-4-12)3-5-13/h12-13H,2-6H2,1H3. The van der Waals surface area contributed by atoms with Gasteiger partial charge in [-0.1, -0.05) is 5.16 Å². The van der Waals surface area contributed by atoms with Crippen molar-refractivity contribution >= 4 is 0 Å². The Kier molecular flexibility index (Phi) is 4.51. The maximum absolute atomic E-state index is 8.76. The molecule has 80 valence electrons. The van der Waals surface area contributed by atoms with Crippen LogP contribution in [-0.4, -0.2) is 51.6 Å². The molecule has 1 rings (SSSR count). The van der Waals surface area contributed by atoms with Gasteiger partial charge in [0.1, 0.15) is 0 Å². The van der Waals surface area contributed by atoms with Crippen LogP contribution in [0.1, 0.15) is 11.7 Å². The van der Waals surface area contributed by atoms with Gasteiger partial charge in [0.25, 0.3) is 0 Å². The van der Waals surface area contributed by atoms with E-state index in [1.165, 1.54) is 0 Å². The minimum atomic E-state index is 0.0487. The molecule has 0 spiro atoms. The molecule has 0 aromatic carbocycles. The van der Waals surface area contributed by atoms with Gasteiger partial charge < -0.3 is 14.7 Å². The van der Waals surface area contributed by atoms with Crippen molar-refractivity contribution in [2.45, 2.75) is 13.5 Å². The van der Waals surface area contributed by atoms with Gasteiger partial charge in [-0.05, 0) is 6.92 Å². The summed E-state index contributed by atoms with van der Waals surface area (Å²) in [5.74, 6) is 1.09. The maximum atomic E-state index is 8.76. The van der Waals surface area contributed by atoms with E-state index in [0.29, 0.717) is 31.3 Å². The van der Waals surface area contributed by atoms with Crippen molar-refractivity contribution in [3.63, 3.8) is 0 Å². The molecule has 14 heavy (non-hydrogen) atoms. The van der Waals surface area contributed by atoms with Crippen LogP contribution < -0.4 is 0 Å². The summed E-state index contributed by atoms with van der Waals surface area (Å²) in [5.41, 5.74) is 0. The van der Waals surface area contributed by atoms with Crippen LogP contribution in [0.2, 0.25) is 0 Å². The number of aliphatic hydroxyl groups is 2. The van der Waals surface area contributed by atoms with Crippen molar-refractivity contribution in [3.8, 4) is 0 Å². The Balaban J connectivity index is 2.46. The Morgan fingerprint density at radius 1 is 1.29 bits per heavy atom. The van der Waals surface area contributed by atoms with E-state index in [1.54, 1.807) is 6.92 Å². The molecular formula is C8H15N3O3. The smallest absolute Gasteiger partial charge is 0.240 e. The van der Waals surface area contributed by atoms with Gasteiger partial charge in [0.05, 0.1) is 19.8 Å². The van der Waals surface area contributed by atoms with Gasteiger partial charge in [-0.25, -0.2) is 0 Å². The molecule has 0 bridgehead atoms. The second-order valence-electron chi connectivity index (χ2n) is 2.96. The van der Waals surface area contributed by atoms with Crippen LogP contribution in [-0.2, 0) is 6.54 Å². The third kappa shape index (κ3) is 3.41. The van der Waals surface area contributed by atoms with E-state index in [0.717, 1.165) is 0 Å². The summed E-state index contributed by atoms with van der Waals surface area (Å²) in [6.45, 7) is 3.28. The Bertz CT molecular complexity index is 258. The van der Waals surface area contributed by atoms with Crippen molar-refractivity contribution in [3.05, 3.63) is 11.7 Å². The number of nitrogens with zero attached hydrogens (tertiary/aromatic N) is 3. The highest BCUT2D eigenvalue weighted by Gasteiger charge is 2.09. The van der Waals surface area contributed by atoms with Crippen molar-refractivity contribution in [1.82, 2.24) is 15.0 Å². The minimum Gasteiger partial charge on any atom is -0.395 e. The fourth-order valence-corrected chi connectivity index (χ4v) is 1.15. The molecule has 0 amide bonds. The first-order valence-electron chi connectivity index (χ1n) is 4.49. The molecule has 0 radical (unpaired) electrons. The van der Waals surface area contributed by atoms with E-state index < -0.39 is 0 Å². The molecule has 0 fully saturated rings. The van der Waals surface area contributed by atoms with Crippen molar-refractivity contribution in [2.75, 3.05) is 26.3 Å². The monoisotopic (exact) mass is 201 g/mol. The molecule has 0 atom stereocenters. The third-order valence-corrected chi connectivity index (χ3v) is 1.76. The van der Waals surface area contributed by atoms with Gasteiger partial charge in [-0.3, -0.25) is 4.90 Å². The lowest BCUT2D eigenvalue weighted by atomic mass is 10.4. The SMILES string of the molecule is Cc1noc(CN(CCO)CCO)n1. The normalized spacial score (nSPS) is 11.1. The summed E-state index contributed by atoms with van der Waals surface area (Å²) < 4.78 is 4.92. The Morgan fingerprint density at radius 3 is 2.36 bits per heavy atom. The van der Waals surface area contributed by atoms with E-state index in [1.807, 2.05) is 4.90 Å². The highest BCUT2D eigenvalue weighted by molar-refractivity contribution is 4.82. The topological polar surface area (TPSA) is 82.6 Å². The predicted octanol–water partition coefficient (Wildman–Crippen LogP) is -0.835. The third-order valence-electron chi connectivity index (χ3n) is 1.76. The Hall–Kier alpha value is -0.980. The lowest BCUT2D eigenvalue weighted by molar-refractivity contribution is 0.143. The van der Waals surface area contributed by atoms with Crippen LogP contribution in [0.25, 0.3) is 0 Å². The van der Waals surface area contributed by atoms with Gasteiger partial charge in [-0.15, -0.1) is 0 Å². The zero-order valence-corrected chi connectivity index (χ0v) is 8.18. The molecule has 0 unspecified atom stereocenters. The van der Waals surface area contributed by atoms with E-state index >= 15 is 0 Å². The van der Waals surface area contributed by atoms with Crippen LogP contribution in [0.5, 0.6) is 0 Å². The molecule has 6 nitrogen and oxygen atoms in total. The van der Waals surface area contributed by atoms with Crippen molar-refractivity contribution < 1.29 is 14.7 Å². The fourth-order valence-electron chi connectivity index (χ4n) is 1.15. The highest BCUT2D eigenvalue weighted by atomic mass is 16.5. The summed E-state index contributed by atoms with van der Waals surface area (Å²) in [7, 11) is 0. The molecule has 0 aliphatic rings. The van der Waals surface area contributed by atoms with E-state index in [-0.39, 0.29) is 13.2 Å². The Morgan fingerprint density at radius 2 is 1.93 bits per heavy atom. The van der Waals surface area contributed by atoms with Gasteiger partial charge in [0.2, 0.25) is 5.89 Å². The van der Waals surface area contributed by atoms with Crippen LogP contribution in [0.15, 0.2) is 4.52 Å². The average Bonchev–Trinajstić information content (AvgIpc) is 2.52. The van der Waals surface area contributed by atoms with Crippen LogP contribution in [0.3, 0.4) is 0 Å².